The summed E-state index contributed by atoms with van der Waals surface area (Å²) in [7, 11) is -3.56. The summed E-state index contributed by atoms with van der Waals surface area (Å²) in [5, 5.41) is 0.398. The Balaban J connectivity index is 1.66. The van der Waals surface area contributed by atoms with Crippen LogP contribution in [-0.2, 0) is 15.8 Å². The highest BCUT2D eigenvalue weighted by atomic mass is 35.5. The van der Waals surface area contributed by atoms with Crippen LogP contribution in [0.4, 0.5) is 4.39 Å². The van der Waals surface area contributed by atoms with Crippen molar-refractivity contribution in [1.29, 1.82) is 0 Å². The summed E-state index contributed by atoms with van der Waals surface area (Å²) >= 11 is 5.73. The summed E-state index contributed by atoms with van der Waals surface area (Å²) in [4.78, 5) is 7.92. The van der Waals surface area contributed by atoms with Crippen molar-refractivity contribution in [2.45, 2.75) is 24.7 Å². The standard InChI is InChI=1S/C16H17ClFN3O3S/c17-13-8-19-16(20-9-13)24-15-5-2-6-21(10-15)25(22,23)11-12-3-1-4-14(18)7-12/h1,3-4,7-9,15H,2,5-6,10-11H2. The minimum absolute atomic E-state index is 0.166. The van der Waals surface area contributed by atoms with Crippen molar-refractivity contribution in [3.05, 3.63) is 53.1 Å². The summed E-state index contributed by atoms with van der Waals surface area (Å²) in [5.41, 5.74) is 0.420. The average molecular weight is 386 g/mol. The fourth-order valence-corrected chi connectivity index (χ4v) is 4.37. The summed E-state index contributed by atoms with van der Waals surface area (Å²) in [6.45, 7) is 0.628. The van der Waals surface area contributed by atoms with Gasteiger partial charge in [-0.25, -0.2) is 22.8 Å². The van der Waals surface area contributed by atoms with E-state index in [0.717, 1.165) is 0 Å². The van der Waals surface area contributed by atoms with Crippen LogP contribution in [0.2, 0.25) is 5.02 Å². The van der Waals surface area contributed by atoms with E-state index >= 15 is 0 Å². The van der Waals surface area contributed by atoms with Crippen LogP contribution in [-0.4, -0.2) is 41.9 Å². The quantitative estimate of drug-likeness (QED) is 0.791. The number of hydrogen-bond donors (Lipinski definition) is 0. The van der Waals surface area contributed by atoms with Crippen LogP contribution in [0.3, 0.4) is 0 Å². The van der Waals surface area contributed by atoms with E-state index in [2.05, 4.69) is 9.97 Å². The Labute approximate surface area is 150 Å². The van der Waals surface area contributed by atoms with E-state index in [-0.39, 0.29) is 24.4 Å². The third-order valence-electron chi connectivity index (χ3n) is 3.84. The lowest BCUT2D eigenvalue weighted by atomic mass is 10.1. The van der Waals surface area contributed by atoms with Crippen molar-refractivity contribution >= 4 is 21.6 Å². The first-order valence-electron chi connectivity index (χ1n) is 7.79. The first kappa shape index (κ1) is 18.0. The summed E-state index contributed by atoms with van der Waals surface area (Å²) < 4.78 is 45.5. The maximum absolute atomic E-state index is 13.3. The fraction of sp³-hybridized carbons (Fsp3) is 0.375. The molecule has 1 fully saturated rings. The van der Waals surface area contributed by atoms with Gasteiger partial charge in [0.15, 0.2) is 0 Å². The Kier molecular flexibility index (Phi) is 5.51. The van der Waals surface area contributed by atoms with Gasteiger partial charge in [0, 0.05) is 6.54 Å². The number of nitrogens with zero attached hydrogens (tertiary/aromatic N) is 3. The molecule has 0 aliphatic carbocycles. The minimum Gasteiger partial charge on any atom is -0.459 e. The summed E-state index contributed by atoms with van der Waals surface area (Å²) in [5.74, 6) is -0.693. The molecule has 0 saturated carbocycles. The second-order valence-electron chi connectivity index (χ2n) is 5.81. The molecule has 0 spiro atoms. The molecule has 1 aliphatic heterocycles. The van der Waals surface area contributed by atoms with E-state index in [0.29, 0.717) is 30.0 Å². The Hall–Kier alpha value is -1.77. The summed E-state index contributed by atoms with van der Waals surface area (Å²) in [6.07, 6.45) is 3.88. The zero-order chi connectivity index (χ0) is 17.9. The molecule has 0 amide bonds. The zero-order valence-corrected chi connectivity index (χ0v) is 14.9. The predicted molar refractivity (Wildman–Crippen MR) is 91.3 cm³/mol. The van der Waals surface area contributed by atoms with Gasteiger partial charge in [0.1, 0.15) is 11.9 Å². The van der Waals surface area contributed by atoms with Crippen molar-refractivity contribution in [2.24, 2.45) is 0 Å². The second kappa shape index (κ2) is 7.63. The highest BCUT2D eigenvalue weighted by Gasteiger charge is 2.30. The van der Waals surface area contributed by atoms with Crippen molar-refractivity contribution < 1.29 is 17.5 Å². The van der Waals surface area contributed by atoms with Crippen molar-refractivity contribution in [1.82, 2.24) is 14.3 Å². The molecule has 0 bridgehead atoms. The van der Waals surface area contributed by atoms with E-state index in [1.807, 2.05) is 0 Å². The van der Waals surface area contributed by atoms with Crippen LogP contribution in [0.15, 0.2) is 36.7 Å². The number of sulfonamides is 1. The lowest BCUT2D eigenvalue weighted by molar-refractivity contribution is 0.119. The van der Waals surface area contributed by atoms with Crippen LogP contribution < -0.4 is 4.74 Å². The number of benzene rings is 1. The fourth-order valence-electron chi connectivity index (χ4n) is 2.69. The smallest absolute Gasteiger partial charge is 0.316 e. The van der Waals surface area contributed by atoms with E-state index in [4.69, 9.17) is 16.3 Å². The molecule has 25 heavy (non-hydrogen) atoms. The van der Waals surface area contributed by atoms with Gasteiger partial charge >= 0.3 is 6.01 Å². The number of ether oxygens (including phenoxy) is 1. The molecule has 0 radical (unpaired) electrons. The first-order valence-corrected chi connectivity index (χ1v) is 9.77. The molecule has 9 heteroatoms. The van der Waals surface area contributed by atoms with Crippen LogP contribution in [0.25, 0.3) is 0 Å². The first-order chi connectivity index (χ1) is 11.9. The number of hydrogen-bond acceptors (Lipinski definition) is 5. The number of aromatic nitrogens is 2. The average Bonchev–Trinajstić information content (AvgIpc) is 2.57. The van der Waals surface area contributed by atoms with Crippen LogP contribution >= 0.6 is 11.6 Å². The van der Waals surface area contributed by atoms with Crippen molar-refractivity contribution in [2.75, 3.05) is 13.1 Å². The number of rotatable bonds is 5. The maximum Gasteiger partial charge on any atom is 0.316 e. The van der Waals surface area contributed by atoms with E-state index in [9.17, 15) is 12.8 Å². The molecule has 1 unspecified atom stereocenters. The minimum atomic E-state index is -3.56. The molecule has 134 valence electrons. The van der Waals surface area contributed by atoms with Gasteiger partial charge in [-0.05, 0) is 30.5 Å². The van der Waals surface area contributed by atoms with Gasteiger partial charge in [-0.2, -0.15) is 4.31 Å². The molecule has 0 N–H and O–H groups in total. The van der Waals surface area contributed by atoms with Gasteiger partial charge in [-0.1, -0.05) is 23.7 Å². The van der Waals surface area contributed by atoms with Crippen molar-refractivity contribution in [3.63, 3.8) is 0 Å². The molecule has 6 nitrogen and oxygen atoms in total. The Morgan fingerprint density at radius 1 is 1.32 bits per heavy atom. The lowest BCUT2D eigenvalue weighted by Gasteiger charge is -2.31. The van der Waals surface area contributed by atoms with Gasteiger partial charge in [0.25, 0.3) is 0 Å². The topological polar surface area (TPSA) is 72.4 Å². The molecule has 2 aromatic rings. The molecular formula is C16H17ClFN3O3S. The molecule has 2 heterocycles. The largest absolute Gasteiger partial charge is 0.459 e. The molecule has 1 aliphatic rings. The van der Waals surface area contributed by atoms with Crippen LogP contribution in [0.5, 0.6) is 6.01 Å². The third kappa shape index (κ3) is 4.87. The van der Waals surface area contributed by atoms with Gasteiger partial charge in [-0.3, -0.25) is 0 Å². The zero-order valence-electron chi connectivity index (χ0n) is 13.3. The van der Waals surface area contributed by atoms with Gasteiger partial charge in [0.2, 0.25) is 10.0 Å². The van der Waals surface area contributed by atoms with E-state index in [1.165, 1.54) is 34.9 Å². The van der Waals surface area contributed by atoms with E-state index in [1.54, 1.807) is 6.07 Å². The number of piperidine rings is 1. The Morgan fingerprint density at radius 3 is 2.80 bits per heavy atom. The normalized spacial score (nSPS) is 18.9. The SMILES string of the molecule is O=S(=O)(Cc1cccc(F)c1)N1CCCC(Oc2ncc(Cl)cn2)C1. The third-order valence-corrected chi connectivity index (χ3v) is 5.85. The van der Waals surface area contributed by atoms with Gasteiger partial charge in [0.05, 0.1) is 29.7 Å². The molecule has 1 saturated heterocycles. The van der Waals surface area contributed by atoms with Gasteiger partial charge < -0.3 is 4.74 Å². The van der Waals surface area contributed by atoms with Crippen LogP contribution in [0.1, 0.15) is 18.4 Å². The molecule has 1 atom stereocenters. The maximum atomic E-state index is 13.3. The molecule has 3 rings (SSSR count). The number of halogens is 2. The highest BCUT2D eigenvalue weighted by Crippen LogP contribution is 2.21. The van der Waals surface area contributed by atoms with Crippen LogP contribution in [0, 0.1) is 5.82 Å². The monoisotopic (exact) mass is 385 g/mol. The molecule has 1 aromatic heterocycles. The van der Waals surface area contributed by atoms with Crippen molar-refractivity contribution in [3.8, 4) is 6.01 Å². The predicted octanol–water partition coefficient (Wildman–Crippen LogP) is 2.64. The Morgan fingerprint density at radius 2 is 2.08 bits per heavy atom. The lowest BCUT2D eigenvalue weighted by Crippen LogP contribution is -2.44. The van der Waals surface area contributed by atoms with E-state index < -0.39 is 15.8 Å². The Bertz CT molecular complexity index is 833. The van der Waals surface area contributed by atoms with Gasteiger partial charge in [-0.15, -0.1) is 0 Å². The molecule has 1 aromatic carbocycles. The summed E-state index contributed by atoms with van der Waals surface area (Å²) in [6, 6.07) is 5.78. The highest BCUT2D eigenvalue weighted by molar-refractivity contribution is 7.88. The molecular weight excluding hydrogens is 369 g/mol. The second-order valence-corrected chi connectivity index (χ2v) is 8.22.